The Kier molecular flexibility index (Phi) is 11.8. The normalized spacial score (nSPS) is 13.8. The maximum absolute atomic E-state index is 12.0. The number of aryl methyl sites for hydroxylation is 1. The number of hydrogen-bond donors (Lipinski definition) is 3. The highest BCUT2D eigenvalue weighted by atomic mass is 127. The molecule has 1 aliphatic carbocycles. The second kappa shape index (κ2) is 13.3. The molecule has 0 radical (unpaired) electrons. The molecule has 0 bridgehead atoms. The van der Waals surface area contributed by atoms with Crippen LogP contribution in [0.1, 0.15) is 41.6 Å². The molecule has 1 heterocycles. The number of carbonyl (C=O) groups excluding carboxylic acids is 1. The molecular weight excluding hydrogens is 465 g/mol. The van der Waals surface area contributed by atoms with Gasteiger partial charge in [0.15, 0.2) is 5.96 Å². The van der Waals surface area contributed by atoms with Gasteiger partial charge in [0.1, 0.15) is 4.88 Å². The van der Waals surface area contributed by atoms with Crippen molar-refractivity contribution in [2.75, 3.05) is 39.4 Å². The van der Waals surface area contributed by atoms with Crippen molar-refractivity contribution >= 4 is 47.2 Å². The zero-order valence-corrected chi connectivity index (χ0v) is 18.7. The van der Waals surface area contributed by atoms with Gasteiger partial charge in [-0.25, -0.2) is 4.98 Å². The van der Waals surface area contributed by atoms with Gasteiger partial charge in [-0.1, -0.05) is 0 Å². The van der Waals surface area contributed by atoms with Crippen LogP contribution in [0.2, 0.25) is 0 Å². The third-order valence-corrected chi connectivity index (χ3v) is 4.69. The Morgan fingerprint density at radius 3 is 2.77 bits per heavy atom. The molecule has 1 fully saturated rings. The Balaban J connectivity index is 0.00000338. The molecular formula is C17H30IN5O2S. The second-order valence-electron chi connectivity index (χ2n) is 6.08. The molecule has 0 saturated heterocycles. The van der Waals surface area contributed by atoms with Gasteiger partial charge in [-0.05, 0) is 39.0 Å². The van der Waals surface area contributed by atoms with Gasteiger partial charge in [-0.3, -0.25) is 9.79 Å². The minimum atomic E-state index is -0.0726. The van der Waals surface area contributed by atoms with Crippen LogP contribution in [0.4, 0.5) is 0 Å². The van der Waals surface area contributed by atoms with Gasteiger partial charge >= 0.3 is 0 Å². The van der Waals surface area contributed by atoms with Crippen LogP contribution in [-0.4, -0.2) is 56.2 Å². The predicted molar refractivity (Wildman–Crippen MR) is 117 cm³/mol. The van der Waals surface area contributed by atoms with E-state index in [0.29, 0.717) is 18.0 Å². The van der Waals surface area contributed by atoms with E-state index in [1.807, 2.05) is 13.8 Å². The first-order valence-corrected chi connectivity index (χ1v) is 9.87. The molecule has 1 saturated carbocycles. The molecule has 148 valence electrons. The molecule has 9 heteroatoms. The lowest BCUT2D eigenvalue weighted by molar-refractivity contribution is 0.0957. The third-order valence-electron chi connectivity index (χ3n) is 3.77. The van der Waals surface area contributed by atoms with E-state index in [9.17, 15) is 4.79 Å². The molecule has 0 aliphatic heterocycles. The molecule has 7 nitrogen and oxygen atoms in total. The van der Waals surface area contributed by atoms with Gasteiger partial charge < -0.3 is 20.7 Å². The predicted octanol–water partition coefficient (Wildman–Crippen LogP) is 2.17. The summed E-state index contributed by atoms with van der Waals surface area (Å²) >= 11 is 1.36. The van der Waals surface area contributed by atoms with E-state index in [0.717, 1.165) is 50.3 Å². The number of carbonyl (C=O) groups is 1. The number of nitrogens with zero attached hydrogens (tertiary/aromatic N) is 2. The molecule has 0 spiro atoms. The lowest BCUT2D eigenvalue weighted by Crippen LogP contribution is -2.41. The minimum absolute atomic E-state index is 0. The maximum atomic E-state index is 12.0. The van der Waals surface area contributed by atoms with Crippen LogP contribution in [0.25, 0.3) is 0 Å². The summed E-state index contributed by atoms with van der Waals surface area (Å²) in [6.45, 7) is 8.23. The number of aliphatic imine (C=N–C) groups is 1. The van der Waals surface area contributed by atoms with E-state index in [-0.39, 0.29) is 29.9 Å². The van der Waals surface area contributed by atoms with Crippen LogP contribution in [0, 0.1) is 12.8 Å². The lowest BCUT2D eigenvalue weighted by atomic mass is 10.4. The van der Waals surface area contributed by atoms with E-state index < -0.39 is 0 Å². The van der Waals surface area contributed by atoms with Crippen LogP contribution in [0.5, 0.6) is 0 Å². The average Bonchev–Trinajstić information content (AvgIpc) is 3.33. The molecule has 26 heavy (non-hydrogen) atoms. The average molecular weight is 495 g/mol. The summed E-state index contributed by atoms with van der Waals surface area (Å²) in [5.74, 6) is 1.51. The number of thiazole rings is 1. The molecule has 0 atom stereocenters. The van der Waals surface area contributed by atoms with Crippen LogP contribution in [0.3, 0.4) is 0 Å². The number of guanidine groups is 1. The highest BCUT2D eigenvalue weighted by molar-refractivity contribution is 14.0. The summed E-state index contributed by atoms with van der Waals surface area (Å²) < 4.78 is 5.61. The summed E-state index contributed by atoms with van der Waals surface area (Å²) in [6, 6.07) is 0. The van der Waals surface area contributed by atoms with Gasteiger partial charge in [-0.2, -0.15) is 0 Å². The molecule has 1 aromatic heterocycles. The largest absolute Gasteiger partial charge is 0.381 e. The monoisotopic (exact) mass is 495 g/mol. The van der Waals surface area contributed by atoms with Gasteiger partial charge in [-0.15, -0.1) is 35.3 Å². The number of ether oxygens (including phenoxy) is 1. The summed E-state index contributed by atoms with van der Waals surface area (Å²) in [5.41, 5.74) is 2.46. The number of halogens is 1. The summed E-state index contributed by atoms with van der Waals surface area (Å²) in [6.07, 6.45) is 3.57. The number of rotatable bonds is 11. The smallest absolute Gasteiger partial charge is 0.263 e. The van der Waals surface area contributed by atoms with Crippen LogP contribution in [-0.2, 0) is 4.74 Å². The maximum Gasteiger partial charge on any atom is 0.263 e. The fraction of sp³-hybridized carbons (Fsp3) is 0.706. The van der Waals surface area contributed by atoms with Crippen molar-refractivity contribution in [3.05, 3.63) is 16.1 Å². The van der Waals surface area contributed by atoms with Crippen molar-refractivity contribution < 1.29 is 9.53 Å². The second-order valence-corrected chi connectivity index (χ2v) is 6.94. The molecule has 0 unspecified atom stereocenters. The number of nitrogens with one attached hydrogen (secondary N) is 3. The Labute approximate surface area is 176 Å². The molecule has 1 aromatic rings. The summed E-state index contributed by atoms with van der Waals surface area (Å²) in [4.78, 5) is 21.3. The minimum Gasteiger partial charge on any atom is -0.381 e. The van der Waals surface area contributed by atoms with Gasteiger partial charge in [0.05, 0.1) is 11.2 Å². The quantitative estimate of drug-likeness (QED) is 0.190. The zero-order chi connectivity index (χ0) is 17.9. The van der Waals surface area contributed by atoms with Gasteiger partial charge in [0, 0.05) is 39.4 Å². The van der Waals surface area contributed by atoms with Gasteiger partial charge in [0.2, 0.25) is 0 Å². The van der Waals surface area contributed by atoms with Crippen LogP contribution in [0.15, 0.2) is 10.5 Å². The first-order chi connectivity index (χ1) is 12.2. The van der Waals surface area contributed by atoms with E-state index in [2.05, 4.69) is 25.9 Å². The van der Waals surface area contributed by atoms with E-state index >= 15 is 0 Å². The van der Waals surface area contributed by atoms with Crippen molar-refractivity contribution in [1.29, 1.82) is 0 Å². The number of hydrogen-bond acceptors (Lipinski definition) is 5. The Morgan fingerprint density at radius 2 is 2.12 bits per heavy atom. The zero-order valence-electron chi connectivity index (χ0n) is 15.5. The Morgan fingerprint density at radius 1 is 1.35 bits per heavy atom. The van der Waals surface area contributed by atoms with Crippen molar-refractivity contribution in [2.45, 2.75) is 33.1 Å². The summed E-state index contributed by atoms with van der Waals surface area (Å²) in [5, 5.41) is 9.32. The van der Waals surface area contributed by atoms with E-state index in [4.69, 9.17) is 4.74 Å². The van der Waals surface area contributed by atoms with E-state index in [1.165, 1.54) is 24.2 Å². The first-order valence-electron chi connectivity index (χ1n) is 8.99. The fourth-order valence-electron chi connectivity index (χ4n) is 2.19. The molecule has 0 aromatic carbocycles. The van der Waals surface area contributed by atoms with E-state index in [1.54, 1.807) is 5.51 Å². The van der Waals surface area contributed by atoms with Crippen molar-refractivity contribution in [3.8, 4) is 0 Å². The Bertz CT molecular complexity index is 563. The van der Waals surface area contributed by atoms with Crippen LogP contribution < -0.4 is 16.0 Å². The highest BCUT2D eigenvalue weighted by Crippen LogP contribution is 2.28. The molecule has 2 rings (SSSR count). The van der Waals surface area contributed by atoms with Crippen molar-refractivity contribution in [1.82, 2.24) is 20.9 Å². The third kappa shape index (κ3) is 9.13. The molecule has 1 aliphatic rings. The fourth-order valence-corrected chi connectivity index (χ4v) is 2.91. The topological polar surface area (TPSA) is 87.6 Å². The number of aromatic nitrogens is 1. The molecule has 1 amide bonds. The highest BCUT2D eigenvalue weighted by Gasteiger charge is 2.20. The standard InChI is InChI=1S/C17H29N5O2S.HI/c1-3-18-17(20-7-4-10-24-11-14-5-6-14)21-9-8-19-16(23)15-13(2)22-12-25-15;/h12,14H,3-11H2,1-2H3,(H,19,23)(H2,18,20,21);1H. The Hall–Kier alpha value is -0.940. The van der Waals surface area contributed by atoms with Crippen molar-refractivity contribution in [2.24, 2.45) is 10.9 Å². The van der Waals surface area contributed by atoms with Crippen LogP contribution >= 0.6 is 35.3 Å². The van der Waals surface area contributed by atoms with Gasteiger partial charge in [0.25, 0.3) is 5.91 Å². The first kappa shape index (κ1) is 23.1. The molecule has 3 N–H and O–H groups in total. The lowest BCUT2D eigenvalue weighted by Gasteiger charge is -2.11. The van der Waals surface area contributed by atoms with Crippen molar-refractivity contribution in [3.63, 3.8) is 0 Å². The number of amides is 1. The summed E-state index contributed by atoms with van der Waals surface area (Å²) in [7, 11) is 0. The SMILES string of the molecule is CCNC(=NCCCOCC1CC1)NCCNC(=O)c1scnc1C.I.